The van der Waals surface area contributed by atoms with Crippen LogP contribution in [0.3, 0.4) is 0 Å². The number of carbonyl (C=O) groups is 1. The molecule has 22 heavy (non-hydrogen) atoms. The summed E-state index contributed by atoms with van der Waals surface area (Å²) < 4.78 is 0.933. The van der Waals surface area contributed by atoms with Crippen molar-refractivity contribution in [1.82, 2.24) is 0 Å². The van der Waals surface area contributed by atoms with E-state index in [1.807, 2.05) is 36.5 Å². The summed E-state index contributed by atoms with van der Waals surface area (Å²) in [5.41, 5.74) is 3.43. The second kappa shape index (κ2) is 6.52. The number of rotatable bonds is 3. The molecule has 3 rings (SSSR count). The molecule has 0 saturated heterocycles. The van der Waals surface area contributed by atoms with Crippen LogP contribution in [0.2, 0.25) is 0 Å². The van der Waals surface area contributed by atoms with Gasteiger partial charge in [0.25, 0.3) is 5.91 Å². The molecule has 1 amide bonds. The van der Waals surface area contributed by atoms with Gasteiger partial charge < -0.3 is 10.2 Å². The number of hydrogen-bond acceptors (Lipinski definition) is 2. The summed E-state index contributed by atoms with van der Waals surface area (Å²) in [6.45, 7) is 5.79. The fourth-order valence-corrected chi connectivity index (χ4v) is 4.59. The summed E-state index contributed by atoms with van der Waals surface area (Å²) in [6, 6.07) is 8.57. The smallest absolute Gasteiger partial charge is 0.279 e. The fraction of sp³-hybridized carbons (Fsp3) is 0.353. The molecule has 0 saturated carbocycles. The Morgan fingerprint density at radius 1 is 1.45 bits per heavy atom. The Labute approximate surface area is 143 Å². The second-order valence-electron chi connectivity index (χ2n) is 5.89. The average molecular weight is 380 g/mol. The summed E-state index contributed by atoms with van der Waals surface area (Å²) >= 11 is 5.34. The third-order valence-electron chi connectivity index (χ3n) is 4.32. The molecule has 2 heterocycles. The van der Waals surface area contributed by atoms with Crippen LogP contribution >= 0.6 is 27.3 Å². The number of halogens is 1. The minimum absolute atomic E-state index is 0.0742. The molecule has 2 atom stereocenters. The Morgan fingerprint density at radius 2 is 2.27 bits per heavy atom. The van der Waals surface area contributed by atoms with Gasteiger partial charge in [-0.3, -0.25) is 4.79 Å². The van der Waals surface area contributed by atoms with Crippen molar-refractivity contribution in [3.05, 3.63) is 50.1 Å². The van der Waals surface area contributed by atoms with Crippen molar-refractivity contribution in [2.24, 2.45) is 0 Å². The maximum atomic E-state index is 12.4. The molecule has 1 aliphatic heterocycles. The molecule has 2 aromatic rings. The third-order valence-corrected chi connectivity index (χ3v) is 5.97. The van der Waals surface area contributed by atoms with Crippen molar-refractivity contribution in [2.75, 3.05) is 18.4 Å². The van der Waals surface area contributed by atoms with E-state index in [0.29, 0.717) is 12.6 Å². The number of hydrogen-bond donors (Lipinski definition) is 2. The highest BCUT2D eigenvalue weighted by molar-refractivity contribution is 9.10. The summed E-state index contributed by atoms with van der Waals surface area (Å²) in [5.74, 6) is 0.0742. The van der Waals surface area contributed by atoms with Crippen LogP contribution in [0.5, 0.6) is 0 Å². The van der Waals surface area contributed by atoms with E-state index in [0.717, 1.165) is 23.1 Å². The highest BCUT2D eigenvalue weighted by atomic mass is 79.9. The number of fused-ring (bicyclic) bond motifs is 1. The number of benzene rings is 1. The zero-order valence-electron chi connectivity index (χ0n) is 12.8. The molecular weight excluding hydrogens is 360 g/mol. The lowest BCUT2D eigenvalue weighted by Crippen LogP contribution is -3.14. The lowest BCUT2D eigenvalue weighted by atomic mass is 10.0. The van der Waals surface area contributed by atoms with Crippen molar-refractivity contribution in [2.45, 2.75) is 26.3 Å². The largest absolute Gasteiger partial charge is 0.321 e. The van der Waals surface area contributed by atoms with Gasteiger partial charge in [-0.1, -0.05) is 6.07 Å². The number of anilines is 1. The van der Waals surface area contributed by atoms with Crippen molar-refractivity contribution >= 4 is 38.9 Å². The summed E-state index contributed by atoms with van der Waals surface area (Å²) in [6.07, 6.45) is 1.08. The Kier molecular flexibility index (Phi) is 4.66. The zero-order chi connectivity index (χ0) is 15.7. The molecule has 0 radical (unpaired) electrons. The van der Waals surface area contributed by atoms with Crippen LogP contribution in [-0.2, 0) is 11.2 Å². The van der Waals surface area contributed by atoms with Gasteiger partial charge in [-0.05, 0) is 58.9 Å². The number of amides is 1. The van der Waals surface area contributed by atoms with E-state index in [1.54, 1.807) is 0 Å². The van der Waals surface area contributed by atoms with Crippen LogP contribution in [0.25, 0.3) is 0 Å². The molecule has 3 nitrogen and oxygen atoms in total. The summed E-state index contributed by atoms with van der Waals surface area (Å²) in [5, 5.41) is 5.18. The molecule has 1 aromatic heterocycles. The molecule has 0 bridgehead atoms. The van der Waals surface area contributed by atoms with E-state index in [9.17, 15) is 4.79 Å². The van der Waals surface area contributed by atoms with Crippen LogP contribution in [0.1, 0.15) is 29.0 Å². The van der Waals surface area contributed by atoms with Gasteiger partial charge in [-0.25, -0.2) is 0 Å². The van der Waals surface area contributed by atoms with E-state index >= 15 is 0 Å². The highest BCUT2D eigenvalue weighted by Crippen LogP contribution is 2.25. The standard InChI is InChI=1S/C17H19BrN2OS/c1-11-3-4-15(14(18)9-11)19-17(21)10-20-7-5-16-13(12(20)2)6-8-22-16/h3-4,6,8-9,12H,5,7,10H2,1-2H3,(H,19,21)/p+1/t12-/m0/s1. The van der Waals surface area contributed by atoms with Gasteiger partial charge in [0.1, 0.15) is 6.04 Å². The first-order valence-corrected chi connectivity index (χ1v) is 9.18. The highest BCUT2D eigenvalue weighted by Gasteiger charge is 2.29. The molecule has 1 aliphatic rings. The topological polar surface area (TPSA) is 33.5 Å². The van der Waals surface area contributed by atoms with E-state index in [4.69, 9.17) is 0 Å². The predicted molar refractivity (Wildman–Crippen MR) is 94.6 cm³/mol. The monoisotopic (exact) mass is 379 g/mol. The van der Waals surface area contributed by atoms with Gasteiger partial charge in [0.15, 0.2) is 6.54 Å². The molecule has 1 unspecified atom stereocenters. The number of thiophene rings is 1. The lowest BCUT2D eigenvalue weighted by molar-refractivity contribution is -0.923. The minimum Gasteiger partial charge on any atom is -0.321 e. The van der Waals surface area contributed by atoms with Crippen LogP contribution in [0.4, 0.5) is 5.69 Å². The Hall–Kier alpha value is -1.17. The van der Waals surface area contributed by atoms with Crippen LogP contribution in [0, 0.1) is 6.92 Å². The molecule has 1 aromatic carbocycles. The van der Waals surface area contributed by atoms with Gasteiger partial charge in [0.05, 0.1) is 12.2 Å². The van der Waals surface area contributed by atoms with Crippen LogP contribution in [0.15, 0.2) is 34.1 Å². The summed E-state index contributed by atoms with van der Waals surface area (Å²) in [7, 11) is 0. The van der Waals surface area contributed by atoms with E-state index in [2.05, 4.69) is 39.6 Å². The molecule has 116 valence electrons. The first-order chi connectivity index (χ1) is 10.5. The second-order valence-corrected chi connectivity index (χ2v) is 7.74. The van der Waals surface area contributed by atoms with Gasteiger partial charge in [0.2, 0.25) is 0 Å². The van der Waals surface area contributed by atoms with Gasteiger partial charge in [-0.2, -0.15) is 0 Å². The number of aryl methyl sites for hydroxylation is 1. The first kappa shape index (κ1) is 15.7. The van der Waals surface area contributed by atoms with E-state index in [-0.39, 0.29) is 5.91 Å². The van der Waals surface area contributed by atoms with E-state index < -0.39 is 0 Å². The number of carbonyl (C=O) groups excluding carboxylic acids is 1. The summed E-state index contributed by atoms with van der Waals surface area (Å²) in [4.78, 5) is 15.2. The molecule has 0 aliphatic carbocycles. The molecule has 2 N–H and O–H groups in total. The number of quaternary nitrogens is 1. The van der Waals surface area contributed by atoms with Crippen molar-refractivity contribution in [3.8, 4) is 0 Å². The molecule has 0 spiro atoms. The van der Waals surface area contributed by atoms with E-state index in [1.165, 1.54) is 20.9 Å². The van der Waals surface area contributed by atoms with Gasteiger partial charge in [0, 0.05) is 21.3 Å². The first-order valence-electron chi connectivity index (χ1n) is 7.51. The maximum Gasteiger partial charge on any atom is 0.279 e. The Morgan fingerprint density at radius 3 is 3.05 bits per heavy atom. The Balaban J connectivity index is 1.65. The van der Waals surface area contributed by atoms with Gasteiger partial charge >= 0.3 is 0 Å². The fourth-order valence-electron chi connectivity index (χ4n) is 3.01. The van der Waals surface area contributed by atoms with Crippen molar-refractivity contribution in [3.63, 3.8) is 0 Å². The number of nitrogens with one attached hydrogen (secondary N) is 2. The molecular formula is C17H20BrN2OS+. The third kappa shape index (κ3) is 3.26. The predicted octanol–water partition coefficient (Wildman–Crippen LogP) is 2.96. The van der Waals surface area contributed by atoms with Crippen LogP contribution in [-0.4, -0.2) is 19.0 Å². The SMILES string of the molecule is Cc1ccc(NC(=O)C[NH+]2CCc3sccc3[C@@H]2C)c(Br)c1. The maximum absolute atomic E-state index is 12.4. The lowest BCUT2D eigenvalue weighted by Gasteiger charge is -2.29. The molecule has 0 fully saturated rings. The average Bonchev–Trinajstić information content (AvgIpc) is 2.94. The van der Waals surface area contributed by atoms with Crippen LogP contribution < -0.4 is 10.2 Å². The van der Waals surface area contributed by atoms with Crippen molar-refractivity contribution < 1.29 is 9.69 Å². The van der Waals surface area contributed by atoms with Crippen molar-refractivity contribution in [1.29, 1.82) is 0 Å². The minimum atomic E-state index is 0.0742. The Bertz CT molecular complexity index is 698. The normalized spacial score (nSPS) is 20.5. The quantitative estimate of drug-likeness (QED) is 0.844. The van der Waals surface area contributed by atoms with Gasteiger partial charge in [-0.15, -0.1) is 11.3 Å². The zero-order valence-corrected chi connectivity index (χ0v) is 15.2. The molecule has 5 heteroatoms.